The van der Waals surface area contributed by atoms with Crippen molar-refractivity contribution in [1.29, 1.82) is 0 Å². The SMILES string of the molecule is CCS(=O)(=O)Nc1ccc(C(=O)N2CCN(C(C)=O)C[C@@H](O)C2)cc1. The molecule has 0 bridgehead atoms. The van der Waals surface area contributed by atoms with Gasteiger partial charge in [0, 0.05) is 44.4 Å². The van der Waals surface area contributed by atoms with E-state index in [0.717, 1.165) is 0 Å². The van der Waals surface area contributed by atoms with Crippen molar-refractivity contribution in [1.82, 2.24) is 9.80 Å². The van der Waals surface area contributed by atoms with E-state index in [-0.39, 0.29) is 30.7 Å². The van der Waals surface area contributed by atoms with Crippen LogP contribution >= 0.6 is 0 Å². The topological polar surface area (TPSA) is 107 Å². The molecule has 138 valence electrons. The Kier molecular flexibility index (Phi) is 6.02. The number of benzene rings is 1. The van der Waals surface area contributed by atoms with Crippen LogP contribution < -0.4 is 4.72 Å². The zero-order valence-electron chi connectivity index (χ0n) is 14.3. The summed E-state index contributed by atoms with van der Waals surface area (Å²) in [6.45, 7) is 4.02. The smallest absolute Gasteiger partial charge is 0.254 e. The minimum absolute atomic E-state index is 0.0357. The van der Waals surface area contributed by atoms with Crippen LogP contribution in [0.1, 0.15) is 24.2 Å². The third-order valence-corrected chi connectivity index (χ3v) is 5.33. The van der Waals surface area contributed by atoms with Crippen LogP contribution in [-0.2, 0) is 14.8 Å². The number of β-amino-alcohol motifs (C(OH)–C–C–N with tert-alkyl or cyclic N) is 1. The molecule has 8 nitrogen and oxygen atoms in total. The summed E-state index contributed by atoms with van der Waals surface area (Å²) in [5.41, 5.74) is 0.778. The van der Waals surface area contributed by atoms with Crippen LogP contribution in [0.15, 0.2) is 24.3 Å². The van der Waals surface area contributed by atoms with Gasteiger partial charge in [-0.2, -0.15) is 0 Å². The van der Waals surface area contributed by atoms with Gasteiger partial charge >= 0.3 is 0 Å². The molecule has 0 radical (unpaired) electrons. The molecule has 0 unspecified atom stereocenters. The molecular weight excluding hydrogens is 346 g/mol. The predicted molar refractivity (Wildman–Crippen MR) is 93.7 cm³/mol. The summed E-state index contributed by atoms with van der Waals surface area (Å²) < 4.78 is 25.5. The number of nitrogens with one attached hydrogen (secondary N) is 1. The zero-order valence-corrected chi connectivity index (χ0v) is 15.1. The number of nitrogens with zero attached hydrogens (tertiary/aromatic N) is 2. The van der Waals surface area contributed by atoms with Crippen LogP contribution in [0.5, 0.6) is 0 Å². The fourth-order valence-corrected chi connectivity index (χ4v) is 3.22. The van der Waals surface area contributed by atoms with Crippen molar-refractivity contribution in [2.75, 3.05) is 36.7 Å². The van der Waals surface area contributed by atoms with Gasteiger partial charge in [0.1, 0.15) is 0 Å². The predicted octanol–water partition coefficient (Wildman–Crippen LogP) is 0.113. The van der Waals surface area contributed by atoms with E-state index in [9.17, 15) is 23.1 Å². The molecule has 0 aromatic heterocycles. The molecule has 0 saturated carbocycles. The van der Waals surface area contributed by atoms with Gasteiger partial charge in [-0.15, -0.1) is 0 Å². The molecule has 1 aromatic carbocycles. The lowest BCUT2D eigenvalue weighted by atomic mass is 10.1. The molecule has 1 aliphatic rings. The van der Waals surface area contributed by atoms with Crippen molar-refractivity contribution in [2.45, 2.75) is 20.0 Å². The maximum Gasteiger partial charge on any atom is 0.254 e. The molecule has 1 aromatic rings. The minimum atomic E-state index is -3.37. The Morgan fingerprint density at radius 3 is 2.28 bits per heavy atom. The first-order valence-electron chi connectivity index (χ1n) is 8.05. The van der Waals surface area contributed by atoms with E-state index in [1.54, 1.807) is 0 Å². The van der Waals surface area contributed by atoms with Crippen molar-refractivity contribution in [3.05, 3.63) is 29.8 Å². The number of amides is 2. The number of aliphatic hydroxyl groups excluding tert-OH is 1. The molecule has 25 heavy (non-hydrogen) atoms. The molecule has 1 atom stereocenters. The van der Waals surface area contributed by atoms with E-state index in [2.05, 4.69) is 4.72 Å². The second kappa shape index (κ2) is 7.83. The molecule has 1 aliphatic heterocycles. The average Bonchev–Trinajstić information content (AvgIpc) is 2.76. The first kappa shape index (κ1) is 19.2. The molecule has 0 spiro atoms. The highest BCUT2D eigenvalue weighted by atomic mass is 32.2. The lowest BCUT2D eigenvalue weighted by Gasteiger charge is -2.21. The largest absolute Gasteiger partial charge is 0.389 e. The van der Waals surface area contributed by atoms with E-state index < -0.39 is 16.1 Å². The lowest BCUT2D eigenvalue weighted by Crippen LogP contribution is -2.37. The molecule has 2 rings (SSSR count). The van der Waals surface area contributed by atoms with Gasteiger partial charge in [0.05, 0.1) is 11.9 Å². The molecule has 1 heterocycles. The van der Waals surface area contributed by atoms with Crippen molar-refractivity contribution >= 4 is 27.5 Å². The Hall–Kier alpha value is -2.13. The number of sulfonamides is 1. The monoisotopic (exact) mass is 369 g/mol. The second-order valence-electron chi connectivity index (χ2n) is 5.95. The zero-order chi connectivity index (χ0) is 18.6. The maximum atomic E-state index is 12.6. The van der Waals surface area contributed by atoms with Crippen LogP contribution in [0.25, 0.3) is 0 Å². The first-order valence-corrected chi connectivity index (χ1v) is 9.70. The highest BCUT2D eigenvalue weighted by Gasteiger charge is 2.26. The first-order chi connectivity index (χ1) is 11.7. The number of hydrogen-bond donors (Lipinski definition) is 2. The molecule has 1 saturated heterocycles. The lowest BCUT2D eigenvalue weighted by molar-refractivity contribution is -0.129. The van der Waals surface area contributed by atoms with Crippen LogP contribution in [0.3, 0.4) is 0 Å². The molecule has 2 amide bonds. The maximum absolute atomic E-state index is 12.6. The van der Waals surface area contributed by atoms with Crippen LogP contribution in [0, 0.1) is 0 Å². The summed E-state index contributed by atoms with van der Waals surface area (Å²) in [4.78, 5) is 27.1. The number of rotatable bonds is 4. The number of hydrogen-bond acceptors (Lipinski definition) is 5. The number of aliphatic hydroxyl groups is 1. The van der Waals surface area contributed by atoms with Gasteiger partial charge in [0.25, 0.3) is 5.91 Å². The highest BCUT2D eigenvalue weighted by Crippen LogP contribution is 2.15. The van der Waals surface area contributed by atoms with Gasteiger partial charge in [-0.3, -0.25) is 14.3 Å². The van der Waals surface area contributed by atoms with Crippen LogP contribution in [0.4, 0.5) is 5.69 Å². The summed E-state index contributed by atoms with van der Waals surface area (Å²) in [6.07, 6.45) is -0.800. The number of carbonyl (C=O) groups is 2. The Balaban J connectivity index is 2.08. The Morgan fingerprint density at radius 1 is 1.16 bits per heavy atom. The fraction of sp³-hybridized carbons (Fsp3) is 0.500. The molecule has 9 heteroatoms. The van der Waals surface area contributed by atoms with Crippen molar-refractivity contribution in [3.8, 4) is 0 Å². The highest BCUT2D eigenvalue weighted by molar-refractivity contribution is 7.92. The Morgan fingerprint density at radius 2 is 1.72 bits per heavy atom. The van der Waals surface area contributed by atoms with E-state index in [4.69, 9.17) is 0 Å². The Bertz CT molecular complexity index is 733. The quantitative estimate of drug-likeness (QED) is 0.784. The molecule has 2 N–H and O–H groups in total. The summed E-state index contributed by atoms with van der Waals surface area (Å²) in [5.74, 6) is -0.443. The van der Waals surface area contributed by atoms with E-state index in [1.807, 2.05) is 0 Å². The normalized spacial score (nSPS) is 18.6. The van der Waals surface area contributed by atoms with Gasteiger partial charge in [-0.25, -0.2) is 8.42 Å². The average molecular weight is 369 g/mol. The summed E-state index contributed by atoms with van der Waals surface area (Å²) >= 11 is 0. The van der Waals surface area contributed by atoms with Crippen LogP contribution in [-0.4, -0.2) is 73.2 Å². The van der Waals surface area contributed by atoms with Crippen LogP contribution in [0.2, 0.25) is 0 Å². The van der Waals surface area contributed by atoms with Gasteiger partial charge in [-0.05, 0) is 31.2 Å². The molecule has 1 fully saturated rings. The minimum Gasteiger partial charge on any atom is -0.389 e. The van der Waals surface area contributed by atoms with Gasteiger partial charge in [-0.1, -0.05) is 0 Å². The van der Waals surface area contributed by atoms with Gasteiger partial charge < -0.3 is 14.9 Å². The van der Waals surface area contributed by atoms with Crippen molar-refractivity contribution in [2.24, 2.45) is 0 Å². The second-order valence-corrected chi connectivity index (χ2v) is 7.96. The van der Waals surface area contributed by atoms with Crippen molar-refractivity contribution in [3.63, 3.8) is 0 Å². The third kappa shape index (κ3) is 5.17. The van der Waals surface area contributed by atoms with E-state index in [0.29, 0.717) is 24.3 Å². The Labute approximate surface area is 147 Å². The molecule has 0 aliphatic carbocycles. The van der Waals surface area contributed by atoms with E-state index >= 15 is 0 Å². The fourth-order valence-electron chi connectivity index (χ4n) is 2.58. The molecular formula is C16H23N3O5S. The van der Waals surface area contributed by atoms with E-state index in [1.165, 1.54) is 47.9 Å². The summed E-state index contributed by atoms with van der Waals surface area (Å²) in [6, 6.07) is 6.12. The van der Waals surface area contributed by atoms with Crippen molar-refractivity contribution < 1.29 is 23.1 Å². The van der Waals surface area contributed by atoms with Gasteiger partial charge in [0.15, 0.2) is 0 Å². The number of carbonyl (C=O) groups excluding carboxylic acids is 2. The number of anilines is 1. The van der Waals surface area contributed by atoms with Gasteiger partial charge in [0.2, 0.25) is 15.9 Å². The standard InChI is InChI=1S/C16H23N3O5S/c1-3-25(23,24)17-14-6-4-13(5-7-14)16(22)19-9-8-18(12(2)20)10-15(21)11-19/h4-7,15,17,21H,3,8-11H2,1-2H3/t15-/m1/s1. The third-order valence-electron chi connectivity index (χ3n) is 4.02. The summed E-state index contributed by atoms with van der Waals surface area (Å²) in [7, 11) is -3.37. The summed E-state index contributed by atoms with van der Waals surface area (Å²) in [5, 5.41) is 10.0.